The molecule has 0 spiro atoms. The van der Waals surface area contributed by atoms with Crippen molar-refractivity contribution in [3.05, 3.63) is 84.2 Å². The molecule has 0 aliphatic rings. The number of aryl methyl sites for hydroxylation is 2. The molecule has 0 aliphatic heterocycles. The summed E-state index contributed by atoms with van der Waals surface area (Å²) in [4.78, 5) is 21.3. The lowest BCUT2D eigenvalue weighted by molar-refractivity contribution is 0.0991. The summed E-state index contributed by atoms with van der Waals surface area (Å²) in [6.45, 7) is 5.93. The minimum Gasteiger partial charge on any atom is -0.490 e. The van der Waals surface area contributed by atoms with Gasteiger partial charge in [-0.1, -0.05) is 12.1 Å². The van der Waals surface area contributed by atoms with Gasteiger partial charge in [0.1, 0.15) is 5.75 Å². The third kappa shape index (κ3) is 4.75. The molecule has 3 heterocycles. The van der Waals surface area contributed by atoms with Crippen LogP contribution >= 0.6 is 0 Å². The van der Waals surface area contributed by atoms with Gasteiger partial charge in [0.05, 0.1) is 18.7 Å². The SMILES string of the molecule is Cc1ccncc1C(=O)Cc1ccc(-c2cc(-c3cnn(C)c3)ccc2OC(C)C)cn1. The molecule has 4 rings (SSSR count). The molecule has 162 valence electrons. The summed E-state index contributed by atoms with van der Waals surface area (Å²) < 4.78 is 7.83. The number of hydrogen-bond donors (Lipinski definition) is 0. The van der Waals surface area contributed by atoms with E-state index in [0.717, 1.165) is 39.3 Å². The molecule has 1 aromatic carbocycles. The fourth-order valence-corrected chi connectivity index (χ4v) is 3.57. The second-order valence-electron chi connectivity index (χ2n) is 8.11. The van der Waals surface area contributed by atoms with E-state index in [0.29, 0.717) is 5.56 Å². The number of ketones is 1. The van der Waals surface area contributed by atoms with E-state index in [2.05, 4.69) is 21.1 Å². The van der Waals surface area contributed by atoms with Gasteiger partial charge in [-0.15, -0.1) is 0 Å². The Morgan fingerprint density at radius 3 is 2.50 bits per heavy atom. The number of rotatable bonds is 7. The second kappa shape index (κ2) is 9.14. The molecule has 0 atom stereocenters. The number of Topliss-reactive ketones (excluding diaryl/α,β-unsaturated/α-hetero) is 1. The fraction of sp³-hybridized carbons (Fsp3) is 0.231. The zero-order chi connectivity index (χ0) is 22.7. The van der Waals surface area contributed by atoms with E-state index in [4.69, 9.17) is 4.74 Å². The molecule has 0 bridgehead atoms. The Balaban J connectivity index is 1.63. The van der Waals surface area contributed by atoms with Crippen LogP contribution in [0.3, 0.4) is 0 Å². The Bertz CT molecular complexity index is 1240. The molecule has 0 unspecified atom stereocenters. The van der Waals surface area contributed by atoms with E-state index in [1.807, 2.05) is 70.5 Å². The van der Waals surface area contributed by atoms with Crippen molar-refractivity contribution in [2.24, 2.45) is 7.05 Å². The Kier molecular flexibility index (Phi) is 6.12. The summed E-state index contributed by atoms with van der Waals surface area (Å²) in [6, 6.07) is 11.8. The largest absolute Gasteiger partial charge is 0.490 e. The minimum absolute atomic E-state index is 0.0123. The monoisotopic (exact) mass is 426 g/mol. The smallest absolute Gasteiger partial charge is 0.170 e. The summed E-state index contributed by atoms with van der Waals surface area (Å²) in [5.41, 5.74) is 6.24. The molecule has 0 aliphatic carbocycles. The molecular weight excluding hydrogens is 400 g/mol. The number of pyridine rings is 2. The van der Waals surface area contributed by atoms with Crippen LogP contribution in [0.25, 0.3) is 22.3 Å². The first kappa shape index (κ1) is 21.4. The maximum Gasteiger partial charge on any atom is 0.170 e. The van der Waals surface area contributed by atoms with Crippen LogP contribution in [0.15, 0.2) is 67.4 Å². The van der Waals surface area contributed by atoms with Crippen LogP contribution in [-0.4, -0.2) is 31.6 Å². The van der Waals surface area contributed by atoms with E-state index in [1.54, 1.807) is 23.3 Å². The number of ether oxygens (including phenoxy) is 1. The van der Waals surface area contributed by atoms with Crippen LogP contribution in [0, 0.1) is 6.92 Å². The molecule has 0 fully saturated rings. The van der Waals surface area contributed by atoms with Crippen LogP contribution in [0.5, 0.6) is 5.75 Å². The number of hydrogen-bond acceptors (Lipinski definition) is 5. The highest BCUT2D eigenvalue weighted by Crippen LogP contribution is 2.34. The van der Waals surface area contributed by atoms with Crippen molar-refractivity contribution < 1.29 is 9.53 Å². The molecule has 32 heavy (non-hydrogen) atoms. The number of benzene rings is 1. The third-order valence-electron chi connectivity index (χ3n) is 5.20. The van der Waals surface area contributed by atoms with E-state index in [9.17, 15) is 4.79 Å². The van der Waals surface area contributed by atoms with Gasteiger partial charge in [-0.25, -0.2) is 0 Å². The van der Waals surface area contributed by atoms with Crippen LogP contribution in [0.1, 0.15) is 35.5 Å². The zero-order valence-electron chi connectivity index (χ0n) is 18.7. The van der Waals surface area contributed by atoms with Crippen molar-refractivity contribution in [2.45, 2.75) is 33.3 Å². The summed E-state index contributed by atoms with van der Waals surface area (Å²) in [7, 11) is 1.90. The van der Waals surface area contributed by atoms with Crippen LogP contribution in [0.4, 0.5) is 0 Å². The molecule has 6 heteroatoms. The van der Waals surface area contributed by atoms with Gasteiger partial charge in [-0.3, -0.25) is 19.4 Å². The average Bonchev–Trinajstić information content (AvgIpc) is 3.21. The fourth-order valence-electron chi connectivity index (χ4n) is 3.57. The van der Waals surface area contributed by atoms with Gasteiger partial charge in [-0.05, 0) is 56.2 Å². The third-order valence-corrected chi connectivity index (χ3v) is 5.20. The van der Waals surface area contributed by atoms with Gasteiger partial charge in [0.25, 0.3) is 0 Å². The van der Waals surface area contributed by atoms with Gasteiger partial charge >= 0.3 is 0 Å². The first-order valence-electron chi connectivity index (χ1n) is 10.6. The Morgan fingerprint density at radius 2 is 1.84 bits per heavy atom. The quantitative estimate of drug-likeness (QED) is 0.386. The van der Waals surface area contributed by atoms with Crippen molar-refractivity contribution >= 4 is 5.78 Å². The maximum atomic E-state index is 12.7. The lowest BCUT2D eigenvalue weighted by Crippen LogP contribution is -2.08. The van der Waals surface area contributed by atoms with Gasteiger partial charge in [0.15, 0.2) is 5.78 Å². The molecule has 6 nitrogen and oxygen atoms in total. The molecule has 3 aromatic heterocycles. The summed E-state index contributed by atoms with van der Waals surface area (Å²) in [6.07, 6.45) is 9.21. The van der Waals surface area contributed by atoms with Crippen molar-refractivity contribution in [1.82, 2.24) is 19.7 Å². The Morgan fingerprint density at radius 1 is 1.03 bits per heavy atom. The maximum absolute atomic E-state index is 12.7. The zero-order valence-corrected chi connectivity index (χ0v) is 18.7. The molecule has 0 saturated carbocycles. The first-order valence-corrected chi connectivity index (χ1v) is 10.6. The topological polar surface area (TPSA) is 69.9 Å². The molecular formula is C26H26N4O2. The number of carbonyl (C=O) groups excluding carboxylic acids is 1. The van der Waals surface area contributed by atoms with E-state index in [1.165, 1.54) is 0 Å². The van der Waals surface area contributed by atoms with Crippen LogP contribution in [-0.2, 0) is 13.5 Å². The van der Waals surface area contributed by atoms with E-state index >= 15 is 0 Å². The summed E-state index contributed by atoms with van der Waals surface area (Å²) in [5.74, 6) is 0.808. The lowest BCUT2D eigenvalue weighted by atomic mass is 9.99. The number of aromatic nitrogens is 4. The van der Waals surface area contributed by atoms with Crippen molar-refractivity contribution in [2.75, 3.05) is 0 Å². The minimum atomic E-state index is 0.0123. The normalized spacial score (nSPS) is 11.0. The van der Waals surface area contributed by atoms with Gasteiger partial charge in [0.2, 0.25) is 0 Å². The predicted octanol–water partition coefficient (Wildman–Crippen LogP) is 5.07. The van der Waals surface area contributed by atoms with E-state index in [-0.39, 0.29) is 18.3 Å². The predicted molar refractivity (Wildman–Crippen MR) is 125 cm³/mol. The summed E-state index contributed by atoms with van der Waals surface area (Å²) >= 11 is 0. The van der Waals surface area contributed by atoms with Crippen molar-refractivity contribution in [1.29, 1.82) is 0 Å². The van der Waals surface area contributed by atoms with Crippen LogP contribution in [0.2, 0.25) is 0 Å². The van der Waals surface area contributed by atoms with Crippen LogP contribution < -0.4 is 4.74 Å². The lowest BCUT2D eigenvalue weighted by Gasteiger charge is -2.16. The molecule has 0 amide bonds. The van der Waals surface area contributed by atoms with Gasteiger partial charge < -0.3 is 4.74 Å². The van der Waals surface area contributed by atoms with Gasteiger partial charge in [-0.2, -0.15) is 5.10 Å². The molecule has 0 saturated heterocycles. The Hall–Kier alpha value is -3.80. The highest BCUT2D eigenvalue weighted by Gasteiger charge is 2.14. The molecule has 4 aromatic rings. The standard InChI is InChI=1S/C26H26N4O2/c1-17(2)32-26-8-6-19(21-14-29-30(4)16-21)11-23(26)20-5-7-22(28-13-20)12-25(31)24-15-27-10-9-18(24)3/h5-11,13-17H,12H2,1-4H3. The van der Waals surface area contributed by atoms with Crippen molar-refractivity contribution in [3.8, 4) is 28.0 Å². The first-order chi connectivity index (χ1) is 15.4. The number of carbonyl (C=O) groups is 1. The highest BCUT2D eigenvalue weighted by molar-refractivity contribution is 5.98. The molecule has 0 N–H and O–H groups in total. The molecule has 0 radical (unpaired) electrons. The Labute approximate surface area is 187 Å². The van der Waals surface area contributed by atoms with Gasteiger partial charge in [0, 0.05) is 59.8 Å². The van der Waals surface area contributed by atoms with E-state index < -0.39 is 0 Å². The average molecular weight is 427 g/mol. The summed E-state index contributed by atoms with van der Waals surface area (Å²) in [5, 5.41) is 4.27. The second-order valence-corrected chi connectivity index (χ2v) is 8.11. The number of nitrogens with zero attached hydrogens (tertiary/aromatic N) is 4. The highest BCUT2D eigenvalue weighted by atomic mass is 16.5. The van der Waals surface area contributed by atoms with Crippen molar-refractivity contribution in [3.63, 3.8) is 0 Å².